The maximum Gasteiger partial charge on any atom is 0.407 e. The quantitative estimate of drug-likeness (QED) is 0.337. The number of hydrogen-bond donors (Lipinski definition) is 1. The average molecular weight is 434 g/mol. The maximum absolute atomic E-state index is 12.4. The molecule has 1 aliphatic carbocycles. The molecule has 0 heterocycles. The normalized spacial score (nSPS) is 18.2. The van der Waals surface area contributed by atoms with Crippen molar-refractivity contribution in [2.45, 2.75) is 84.0 Å². The van der Waals surface area contributed by atoms with Gasteiger partial charge in [0.05, 0.1) is 18.9 Å². The van der Waals surface area contributed by atoms with Crippen molar-refractivity contribution in [3.8, 4) is 0 Å². The fourth-order valence-corrected chi connectivity index (χ4v) is 3.92. The number of nitrogens with one attached hydrogen (secondary N) is 1. The van der Waals surface area contributed by atoms with E-state index >= 15 is 0 Å². The van der Waals surface area contributed by atoms with Gasteiger partial charge in [0.25, 0.3) is 10.1 Å². The van der Waals surface area contributed by atoms with Gasteiger partial charge in [-0.1, -0.05) is 32.1 Å². The van der Waals surface area contributed by atoms with Crippen LogP contribution in [0.25, 0.3) is 0 Å². The zero-order valence-corrected chi connectivity index (χ0v) is 18.9. The Labute approximate surface area is 174 Å². The molecule has 168 valence electrons. The summed E-state index contributed by atoms with van der Waals surface area (Å²) in [5, 5.41) is 2.75. The second kappa shape index (κ2) is 11.5. The molecule has 0 spiro atoms. The topological polar surface area (TPSA) is 108 Å². The molecule has 9 heteroatoms. The Kier molecular flexibility index (Phi) is 10.1. The fraction of sp³-hybridized carbons (Fsp3) is 0.800. The Morgan fingerprint density at radius 3 is 2.31 bits per heavy atom. The summed E-state index contributed by atoms with van der Waals surface area (Å²) in [7, 11) is -3.84. The van der Waals surface area contributed by atoms with Crippen LogP contribution in [0.3, 0.4) is 0 Å². The Balaban J connectivity index is 3.06. The Hall–Kier alpha value is -1.61. The number of carbonyl (C=O) groups is 2. The fourth-order valence-electron chi connectivity index (χ4n) is 3.31. The van der Waals surface area contributed by atoms with Crippen molar-refractivity contribution in [3.63, 3.8) is 0 Å². The molecule has 1 aliphatic rings. The first-order chi connectivity index (χ1) is 13.4. The lowest BCUT2D eigenvalue weighted by molar-refractivity contribution is -0.137. The minimum Gasteiger partial charge on any atom is -0.463 e. The van der Waals surface area contributed by atoms with E-state index in [9.17, 15) is 18.0 Å². The number of rotatable bonds is 9. The molecular weight excluding hydrogens is 398 g/mol. The number of hydrogen-bond acceptors (Lipinski definition) is 7. The van der Waals surface area contributed by atoms with Gasteiger partial charge in [-0.05, 0) is 46.1 Å². The first-order valence-corrected chi connectivity index (χ1v) is 11.9. The largest absolute Gasteiger partial charge is 0.463 e. The summed E-state index contributed by atoms with van der Waals surface area (Å²) in [5.74, 6) is -0.284. The van der Waals surface area contributed by atoms with Crippen molar-refractivity contribution >= 4 is 22.2 Å². The van der Waals surface area contributed by atoms with Crippen molar-refractivity contribution in [2.24, 2.45) is 5.92 Å². The molecule has 0 saturated heterocycles. The summed E-state index contributed by atoms with van der Waals surface area (Å²) >= 11 is 0. The Morgan fingerprint density at radius 2 is 1.79 bits per heavy atom. The molecule has 1 fully saturated rings. The standard InChI is InChI=1S/C20H35NO7S/c1-6-26-18(22)13-12-17(28-29(5,24)25)16(14-15-10-8-7-9-11-15)21-19(23)27-20(2,3)4/h12-13,15-17H,6-11,14H2,1-5H3,(H,21,23)/t16-,17-/m0/s1. The molecule has 2 atom stereocenters. The monoisotopic (exact) mass is 433 g/mol. The highest BCUT2D eigenvalue weighted by molar-refractivity contribution is 7.86. The molecule has 1 amide bonds. The third-order valence-electron chi connectivity index (χ3n) is 4.41. The highest BCUT2D eigenvalue weighted by Gasteiger charge is 2.30. The molecule has 0 aromatic carbocycles. The van der Waals surface area contributed by atoms with E-state index in [1.165, 1.54) is 12.5 Å². The van der Waals surface area contributed by atoms with Crippen LogP contribution in [0.4, 0.5) is 4.79 Å². The molecule has 1 rings (SSSR count). The number of alkyl carbamates (subject to hydrolysis) is 1. The molecule has 0 bridgehead atoms. The van der Waals surface area contributed by atoms with Crippen LogP contribution in [0.1, 0.15) is 66.2 Å². The predicted octanol–water partition coefficient (Wildman–Crippen LogP) is 3.31. The predicted molar refractivity (Wildman–Crippen MR) is 110 cm³/mol. The van der Waals surface area contributed by atoms with E-state index in [1.54, 1.807) is 27.7 Å². The Bertz CT molecular complexity index is 661. The van der Waals surface area contributed by atoms with Crippen LogP contribution in [0.2, 0.25) is 0 Å². The van der Waals surface area contributed by atoms with Crippen LogP contribution < -0.4 is 5.32 Å². The molecule has 1 saturated carbocycles. The van der Waals surface area contributed by atoms with E-state index in [1.807, 2.05) is 0 Å². The van der Waals surface area contributed by atoms with Crippen molar-refractivity contribution in [1.82, 2.24) is 5.32 Å². The van der Waals surface area contributed by atoms with Gasteiger partial charge >= 0.3 is 12.1 Å². The number of amides is 1. The van der Waals surface area contributed by atoms with Crippen LogP contribution in [0.5, 0.6) is 0 Å². The van der Waals surface area contributed by atoms with Crippen LogP contribution >= 0.6 is 0 Å². The van der Waals surface area contributed by atoms with Crippen LogP contribution in [0.15, 0.2) is 12.2 Å². The zero-order chi connectivity index (χ0) is 22.1. The first-order valence-electron chi connectivity index (χ1n) is 10.1. The lowest BCUT2D eigenvalue weighted by atomic mass is 9.83. The third-order valence-corrected chi connectivity index (χ3v) is 4.98. The summed E-state index contributed by atoms with van der Waals surface area (Å²) in [6.45, 7) is 7.10. The van der Waals surface area contributed by atoms with Gasteiger partial charge in [-0.2, -0.15) is 8.42 Å². The van der Waals surface area contributed by atoms with E-state index in [0.29, 0.717) is 12.3 Å². The first kappa shape index (κ1) is 25.4. The van der Waals surface area contributed by atoms with Crippen LogP contribution in [-0.4, -0.2) is 51.1 Å². The van der Waals surface area contributed by atoms with Gasteiger partial charge < -0.3 is 14.8 Å². The summed E-state index contributed by atoms with van der Waals surface area (Å²) < 4.78 is 39.0. The van der Waals surface area contributed by atoms with Gasteiger partial charge in [0, 0.05) is 6.08 Å². The van der Waals surface area contributed by atoms with E-state index < -0.39 is 39.9 Å². The summed E-state index contributed by atoms with van der Waals surface area (Å²) in [4.78, 5) is 24.1. The number of ether oxygens (including phenoxy) is 2. The molecular formula is C20H35NO7S. The highest BCUT2D eigenvalue weighted by Crippen LogP contribution is 2.29. The molecule has 8 nitrogen and oxygen atoms in total. The van der Waals surface area contributed by atoms with Gasteiger partial charge in [0.2, 0.25) is 0 Å². The van der Waals surface area contributed by atoms with E-state index in [4.69, 9.17) is 13.7 Å². The lowest BCUT2D eigenvalue weighted by Crippen LogP contribution is -2.47. The second-order valence-corrected chi connectivity index (χ2v) is 9.97. The van der Waals surface area contributed by atoms with E-state index in [2.05, 4.69) is 5.32 Å². The molecule has 0 unspecified atom stereocenters. The maximum atomic E-state index is 12.4. The highest BCUT2D eigenvalue weighted by atomic mass is 32.2. The van der Waals surface area contributed by atoms with Crippen molar-refractivity contribution < 1.29 is 31.7 Å². The van der Waals surface area contributed by atoms with Crippen molar-refractivity contribution in [3.05, 3.63) is 12.2 Å². The summed E-state index contributed by atoms with van der Waals surface area (Å²) in [6, 6.07) is -0.673. The average Bonchev–Trinajstić information content (AvgIpc) is 2.56. The van der Waals surface area contributed by atoms with Gasteiger partial charge in [-0.25, -0.2) is 9.59 Å². The molecule has 1 N–H and O–H groups in total. The van der Waals surface area contributed by atoms with E-state index in [0.717, 1.165) is 38.0 Å². The molecule has 0 aromatic rings. The minimum absolute atomic E-state index is 0.197. The SMILES string of the molecule is CCOC(=O)C=C[C@H](OS(C)(=O)=O)[C@H](CC1CCCCC1)NC(=O)OC(C)(C)C. The van der Waals surface area contributed by atoms with Gasteiger partial charge in [-0.3, -0.25) is 4.18 Å². The van der Waals surface area contributed by atoms with Crippen molar-refractivity contribution in [2.75, 3.05) is 12.9 Å². The zero-order valence-electron chi connectivity index (χ0n) is 18.1. The van der Waals surface area contributed by atoms with Gasteiger partial charge in [0.1, 0.15) is 11.7 Å². The van der Waals surface area contributed by atoms with Crippen LogP contribution in [0, 0.1) is 5.92 Å². The third kappa shape index (κ3) is 11.9. The lowest BCUT2D eigenvalue weighted by Gasteiger charge is -2.31. The van der Waals surface area contributed by atoms with Crippen LogP contribution in [-0.2, 0) is 28.6 Å². The molecule has 29 heavy (non-hydrogen) atoms. The van der Waals surface area contributed by atoms with Gasteiger partial charge in [0.15, 0.2) is 0 Å². The van der Waals surface area contributed by atoms with E-state index in [-0.39, 0.29) is 6.61 Å². The number of esters is 1. The van der Waals surface area contributed by atoms with Crippen molar-refractivity contribution in [1.29, 1.82) is 0 Å². The summed E-state index contributed by atoms with van der Waals surface area (Å²) in [5.41, 5.74) is -0.701. The minimum atomic E-state index is -3.84. The summed E-state index contributed by atoms with van der Waals surface area (Å²) in [6.07, 6.45) is 7.56. The smallest absolute Gasteiger partial charge is 0.407 e. The second-order valence-electron chi connectivity index (χ2n) is 8.37. The Morgan fingerprint density at radius 1 is 1.17 bits per heavy atom. The number of carbonyl (C=O) groups excluding carboxylic acids is 2. The van der Waals surface area contributed by atoms with Gasteiger partial charge in [-0.15, -0.1) is 0 Å². The molecule has 0 aliphatic heterocycles. The molecule has 0 aromatic heterocycles. The molecule has 0 radical (unpaired) electrons.